The SMILES string of the molecule is COc1ccc(C)cc1S(=O)(=O)NCC1CCN(C(=O)c2cccnc2)CC1. The van der Waals surface area contributed by atoms with Gasteiger partial charge in [-0.1, -0.05) is 6.07 Å². The van der Waals surface area contributed by atoms with E-state index in [1.54, 1.807) is 41.6 Å². The number of rotatable bonds is 6. The molecular formula is C20H25N3O4S. The van der Waals surface area contributed by atoms with Crippen molar-refractivity contribution in [3.05, 3.63) is 53.9 Å². The van der Waals surface area contributed by atoms with Crippen LogP contribution in [0.4, 0.5) is 0 Å². The van der Waals surface area contributed by atoms with Crippen molar-refractivity contribution in [3.63, 3.8) is 0 Å². The fraction of sp³-hybridized carbons (Fsp3) is 0.400. The average Bonchev–Trinajstić information content (AvgIpc) is 2.73. The summed E-state index contributed by atoms with van der Waals surface area (Å²) in [6.07, 6.45) is 4.70. The van der Waals surface area contributed by atoms with Gasteiger partial charge in [0.15, 0.2) is 0 Å². The maximum Gasteiger partial charge on any atom is 0.255 e. The second kappa shape index (κ2) is 8.70. The molecule has 8 heteroatoms. The lowest BCUT2D eigenvalue weighted by Gasteiger charge is -2.32. The van der Waals surface area contributed by atoms with E-state index in [9.17, 15) is 13.2 Å². The summed E-state index contributed by atoms with van der Waals surface area (Å²) in [5, 5.41) is 0. The molecule has 0 aliphatic carbocycles. The topological polar surface area (TPSA) is 88.6 Å². The van der Waals surface area contributed by atoms with Crippen LogP contribution in [0.2, 0.25) is 0 Å². The number of aryl methyl sites for hydroxylation is 1. The Balaban J connectivity index is 1.57. The Labute approximate surface area is 165 Å². The van der Waals surface area contributed by atoms with Crippen LogP contribution in [0.5, 0.6) is 5.75 Å². The van der Waals surface area contributed by atoms with Crippen LogP contribution in [0.3, 0.4) is 0 Å². The van der Waals surface area contributed by atoms with Crippen LogP contribution in [0.15, 0.2) is 47.6 Å². The first-order valence-corrected chi connectivity index (χ1v) is 10.7. The molecule has 0 unspecified atom stereocenters. The van der Waals surface area contributed by atoms with E-state index in [4.69, 9.17) is 4.74 Å². The minimum Gasteiger partial charge on any atom is -0.495 e. The van der Waals surface area contributed by atoms with E-state index in [1.165, 1.54) is 7.11 Å². The van der Waals surface area contributed by atoms with Crippen molar-refractivity contribution in [1.29, 1.82) is 0 Å². The van der Waals surface area contributed by atoms with Crippen molar-refractivity contribution in [2.45, 2.75) is 24.7 Å². The highest BCUT2D eigenvalue weighted by Gasteiger charge is 2.26. The summed E-state index contributed by atoms with van der Waals surface area (Å²) in [6.45, 7) is 3.39. The second-order valence-corrected chi connectivity index (χ2v) is 8.72. The number of ether oxygens (including phenoxy) is 1. The monoisotopic (exact) mass is 403 g/mol. The van der Waals surface area contributed by atoms with Gasteiger partial charge in [0, 0.05) is 32.0 Å². The van der Waals surface area contributed by atoms with Crippen molar-refractivity contribution >= 4 is 15.9 Å². The molecule has 1 fully saturated rings. The normalized spacial score (nSPS) is 15.4. The van der Waals surface area contributed by atoms with E-state index in [1.807, 2.05) is 13.0 Å². The summed E-state index contributed by atoms with van der Waals surface area (Å²) < 4.78 is 33.3. The van der Waals surface area contributed by atoms with E-state index < -0.39 is 10.0 Å². The highest BCUT2D eigenvalue weighted by Crippen LogP contribution is 2.25. The number of carbonyl (C=O) groups is 1. The first-order valence-electron chi connectivity index (χ1n) is 9.24. The van der Waals surface area contributed by atoms with Gasteiger partial charge in [0.1, 0.15) is 10.6 Å². The predicted octanol–water partition coefficient (Wildman–Crippen LogP) is 2.23. The Morgan fingerprint density at radius 1 is 1.29 bits per heavy atom. The van der Waals surface area contributed by atoms with Crippen LogP contribution >= 0.6 is 0 Å². The Bertz CT molecular complexity index is 924. The Hall–Kier alpha value is -2.45. The number of amides is 1. The molecule has 150 valence electrons. The zero-order valence-electron chi connectivity index (χ0n) is 16.1. The number of nitrogens with one attached hydrogen (secondary N) is 1. The van der Waals surface area contributed by atoms with Gasteiger partial charge >= 0.3 is 0 Å². The van der Waals surface area contributed by atoms with Gasteiger partial charge in [-0.25, -0.2) is 13.1 Å². The number of likely N-dealkylation sites (tertiary alicyclic amines) is 1. The molecule has 3 rings (SSSR count). The smallest absolute Gasteiger partial charge is 0.255 e. The van der Waals surface area contributed by atoms with Crippen LogP contribution in [0.25, 0.3) is 0 Å². The molecule has 0 bridgehead atoms. The summed E-state index contributed by atoms with van der Waals surface area (Å²) in [6, 6.07) is 8.58. The van der Waals surface area contributed by atoms with E-state index in [2.05, 4.69) is 9.71 Å². The molecule has 0 atom stereocenters. The Morgan fingerprint density at radius 3 is 2.68 bits per heavy atom. The predicted molar refractivity (Wildman–Crippen MR) is 106 cm³/mol. The molecule has 0 saturated carbocycles. The maximum atomic E-state index is 12.7. The zero-order chi connectivity index (χ0) is 20.1. The van der Waals surface area contributed by atoms with Gasteiger partial charge in [-0.3, -0.25) is 9.78 Å². The number of hydrogen-bond donors (Lipinski definition) is 1. The lowest BCUT2D eigenvalue weighted by Crippen LogP contribution is -2.41. The summed E-state index contributed by atoms with van der Waals surface area (Å²) in [4.78, 5) is 18.4. The summed E-state index contributed by atoms with van der Waals surface area (Å²) in [5.41, 5.74) is 1.43. The molecule has 1 aliphatic heterocycles. The van der Waals surface area contributed by atoms with Gasteiger partial charge in [0.25, 0.3) is 5.91 Å². The molecule has 1 amide bonds. The molecule has 1 aromatic carbocycles. The molecule has 1 N–H and O–H groups in total. The Kier molecular flexibility index (Phi) is 6.31. The summed E-state index contributed by atoms with van der Waals surface area (Å²) >= 11 is 0. The minimum absolute atomic E-state index is 0.0309. The molecule has 1 aromatic heterocycles. The van der Waals surface area contributed by atoms with Gasteiger partial charge in [0.2, 0.25) is 10.0 Å². The number of hydrogen-bond acceptors (Lipinski definition) is 5. The quantitative estimate of drug-likeness (QED) is 0.799. The third-order valence-corrected chi connectivity index (χ3v) is 6.43. The lowest BCUT2D eigenvalue weighted by molar-refractivity contribution is 0.0691. The van der Waals surface area contributed by atoms with Crippen LogP contribution in [0, 0.1) is 12.8 Å². The van der Waals surface area contributed by atoms with Crippen molar-refractivity contribution in [1.82, 2.24) is 14.6 Å². The molecule has 2 aromatic rings. The number of sulfonamides is 1. The molecule has 1 aliphatic rings. The van der Waals surface area contributed by atoms with Crippen LogP contribution in [-0.4, -0.2) is 51.0 Å². The maximum absolute atomic E-state index is 12.7. The van der Waals surface area contributed by atoms with E-state index in [-0.39, 0.29) is 16.7 Å². The molecule has 2 heterocycles. The lowest BCUT2D eigenvalue weighted by atomic mass is 9.97. The Morgan fingerprint density at radius 2 is 2.04 bits per heavy atom. The van der Waals surface area contributed by atoms with Crippen molar-refractivity contribution in [2.24, 2.45) is 5.92 Å². The van der Waals surface area contributed by atoms with Gasteiger partial charge in [-0.2, -0.15) is 0 Å². The average molecular weight is 404 g/mol. The third-order valence-electron chi connectivity index (χ3n) is 4.98. The van der Waals surface area contributed by atoms with Crippen LogP contribution in [-0.2, 0) is 10.0 Å². The van der Waals surface area contributed by atoms with E-state index in [0.717, 1.165) is 18.4 Å². The fourth-order valence-electron chi connectivity index (χ4n) is 3.31. The van der Waals surface area contributed by atoms with E-state index >= 15 is 0 Å². The van der Waals surface area contributed by atoms with Gasteiger partial charge in [-0.05, 0) is 55.5 Å². The van der Waals surface area contributed by atoms with Gasteiger partial charge in [-0.15, -0.1) is 0 Å². The third kappa shape index (κ3) is 4.69. The molecule has 1 saturated heterocycles. The number of carbonyl (C=O) groups excluding carboxylic acids is 1. The fourth-order valence-corrected chi connectivity index (χ4v) is 4.68. The highest BCUT2D eigenvalue weighted by molar-refractivity contribution is 7.89. The second-order valence-electron chi connectivity index (χ2n) is 6.98. The first kappa shape index (κ1) is 20.3. The molecule has 0 spiro atoms. The molecule has 7 nitrogen and oxygen atoms in total. The highest BCUT2D eigenvalue weighted by atomic mass is 32.2. The van der Waals surface area contributed by atoms with Crippen molar-refractivity contribution < 1.29 is 17.9 Å². The van der Waals surface area contributed by atoms with Crippen molar-refractivity contribution in [2.75, 3.05) is 26.7 Å². The number of methoxy groups -OCH3 is 1. The standard InChI is InChI=1S/C20H25N3O4S/c1-15-5-6-18(27-2)19(12-15)28(25,26)22-13-16-7-10-23(11-8-16)20(24)17-4-3-9-21-14-17/h3-6,9,12,14,16,22H,7-8,10-11,13H2,1-2H3. The summed E-state index contributed by atoms with van der Waals surface area (Å²) in [5.74, 6) is 0.482. The number of aromatic nitrogens is 1. The number of piperidine rings is 1. The van der Waals surface area contributed by atoms with Crippen LogP contribution < -0.4 is 9.46 Å². The largest absolute Gasteiger partial charge is 0.495 e. The molecule has 0 radical (unpaired) electrons. The van der Waals surface area contributed by atoms with Crippen molar-refractivity contribution in [3.8, 4) is 5.75 Å². The van der Waals surface area contributed by atoms with Gasteiger partial charge in [0.05, 0.1) is 12.7 Å². The van der Waals surface area contributed by atoms with Gasteiger partial charge < -0.3 is 9.64 Å². The van der Waals surface area contributed by atoms with Crippen LogP contribution in [0.1, 0.15) is 28.8 Å². The zero-order valence-corrected chi connectivity index (χ0v) is 16.9. The molecule has 28 heavy (non-hydrogen) atoms. The number of benzene rings is 1. The number of pyridine rings is 1. The first-order chi connectivity index (χ1) is 13.4. The number of nitrogens with zero attached hydrogens (tertiary/aromatic N) is 2. The molecular weight excluding hydrogens is 378 g/mol. The summed E-state index contributed by atoms with van der Waals surface area (Å²) in [7, 11) is -2.20. The van der Waals surface area contributed by atoms with E-state index in [0.29, 0.717) is 30.9 Å². The minimum atomic E-state index is -3.66.